The molecule has 0 aromatic carbocycles. The number of oxime groups is 1. The van der Waals surface area contributed by atoms with E-state index in [4.69, 9.17) is 10.5 Å². The highest BCUT2D eigenvalue weighted by Crippen LogP contribution is 2.12. The minimum absolute atomic E-state index is 0.0902. The number of nitrogens with zero attached hydrogens (tertiary/aromatic N) is 4. The predicted molar refractivity (Wildman–Crippen MR) is 59.4 cm³/mol. The van der Waals surface area contributed by atoms with Crippen molar-refractivity contribution in [2.75, 3.05) is 32.0 Å². The van der Waals surface area contributed by atoms with E-state index in [1.165, 1.54) is 6.92 Å². The van der Waals surface area contributed by atoms with E-state index in [0.29, 0.717) is 32.1 Å². The van der Waals surface area contributed by atoms with Gasteiger partial charge in [-0.1, -0.05) is 5.16 Å². The molecule has 1 saturated heterocycles. The lowest BCUT2D eigenvalue weighted by Crippen LogP contribution is -2.41. The lowest BCUT2D eigenvalue weighted by molar-refractivity contribution is -0.141. The Balaban J connectivity index is 2.25. The van der Waals surface area contributed by atoms with Gasteiger partial charge in [0.2, 0.25) is 5.84 Å². The second kappa shape index (κ2) is 5.45. The van der Waals surface area contributed by atoms with Crippen LogP contribution in [0.3, 0.4) is 0 Å². The fourth-order valence-electron chi connectivity index (χ4n) is 1.48. The molecule has 9 heteroatoms. The molecule has 98 valence electrons. The average Bonchev–Trinajstić information content (AvgIpc) is 2.77. The van der Waals surface area contributed by atoms with Crippen LogP contribution in [0.15, 0.2) is 9.78 Å². The normalized spacial score (nSPS) is 16.7. The zero-order valence-electron chi connectivity index (χ0n) is 9.83. The maximum absolute atomic E-state index is 10.8. The molecule has 0 amide bonds. The Kier molecular flexibility index (Phi) is 3.72. The zero-order chi connectivity index (χ0) is 13.0. The number of ether oxygens (including phenoxy) is 1. The number of hydrogen-bond acceptors (Lipinski definition) is 8. The Morgan fingerprint density at radius 3 is 2.72 bits per heavy atom. The predicted octanol–water partition coefficient (Wildman–Crippen LogP) is -0.791. The Morgan fingerprint density at radius 2 is 2.17 bits per heavy atom. The summed E-state index contributed by atoms with van der Waals surface area (Å²) in [5.41, 5.74) is 5.86. The van der Waals surface area contributed by atoms with Crippen molar-refractivity contribution in [1.82, 2.24) is 15.2 Å². The number of carbonyl (C=O) groups is 1. The van der Waals surface area contributed by atoms with Crippen LogP contribution in [0.5, 0.6) is 0 Å². The van der Waals surface area contributed by atoms with Crippen molar-refractivity contribution in [3.05, 3.63) is 5.69 Å². The summed E-state index contributed by atoms with van der Waals surface area (Å²) in [6, 6.07) is 0. The number of carbonyl (C=O) groups excluding carboxylic acids is 1. The molecule has 1 fully saturated rings. The first-order valence-corrected chi connectivity index (χ1v) is 5.35. The van der Waals surface area contributed by atoms with Gasteiger partial charge in [-0.25, -0.2) is 9.42 Å². The quantitative estimate of drug-likeness (QED) is 0.316. The first-order valence-electron chi connectivity index (χ1n) is 5.35. The molecule has 1 aromatic rings. The molecule has 0 spiro atoms. The SMILES string of the molecule is CC(=O)O/N=C(/c1nonc1N)N1CCOCC1. The van der Waals surface area contributed by atoms with Crippen LogP contribution in [0.1, 0.15) is 12.6 Å². The summed E-state index contributed by atoms with van der Waals surface area (Å²) >= 11 is 0. The van der Waals surface area contributed by atoms with Crippen LogP contribution < -0.4 is 5.73 Å². The molecule has 9 nitrogen and oxygen atoms in total. The lowest BCUT2D eigenvalue weighted by Gasteiger charge is -2.28. The molecule has 1 aromatic heterocycles. The zero-order valence-corrected chi connectivity index (χ0v) is 9.83. The summed E-state index contributed by atoms with van der Waals surface area (Å²) in [7, 11) is 0. The molecule has 0 bridgehead atoms. The van der Waals surface area contributed by atoms with Gasteiger partial charge in [-0.3, -0.25) is 0 Å². The second-order valence-corrected chi connectivity index (χ2v) is 3.60. The third-order valence-electron chi connectivity index (χ3n) is 2.30. The summed E-state index contributed by atoms with van der Waals surface area (Å²) in [5.74, 6) is -0.129. The van der Waals surface area contributed by atoms with E-state index in [1.54, 1.807) is 0 Å². The maximum atomic E-state index is 10.8. The summed E-state index contributed by atoms with van der Waals surface area (Å²) in [6.45, 7) is 3.53. The second-order valence-electron chi connectivity index (χ2n) is 3.60. The highest BCUT2D eigenvalue weighted by Gasteiger charge is 2.23. The fraction of sp³-hybridized carbons (Fsp3) is 0.556. The summed E-state index contributed by atoms with van der Waals surface area (Å²) in [5, 5.41) is 10.9. The van der Waals surface area contributed by atoms with Crippen LogP contribution >= 0.6 is 0 Å². The molecule has 0 saturated carbocycles. The number of rotatable bonds is 2. The molecule has 18 heavy (non-hydrogen) atoms. The molecule has 1 aliphatic rings. The van der Waals surface area contributed by atoms with Gasteiger partial charge in [0.25, 0.3) is 0 Å². The Morgan fingerprint density at radius 1 is 1.44 bits per heavy atom. The third-order valence-corrected chi connectivity index (χ3v) is 2.30. The van der Waals surface area contributed by atoms with E-state index in [9.17, 15) is 4.79 Å². The third kappa shape index (κ3) is 2.74. The van der Waals surface area contributed by atoms with Crippen LogP contribution in [0.2, 0.25) is 0 Å². The van der Waals surface area contributed by atoms with Gasteiger partial charge in [0.05, 0.1) is 13.2 Å². The maximum Gasteiger partial charge on any atom is 0.332 e. The Bertz CT molecular complexity index is 452. The largest absolute Gasteiger partial charge is 0.379 e. The molecular weight excluding hydrogens is 242 g/mol. The number of morpholine rings is 1. The number of hydrogen-bond donors (Lipinski definition) is 1. The summed E-state index contributed by atoms with van der Waals surface area (Å²) < 4.78 is 9.75. The van der Waals surface area contributed by atoms with Crippen molar-refractivity contribution in [1.29, 1.82) is 0 Å². The number of nitrogens with two attached hydrogens (primary N) is 1. The fourth-order valence-corrected chi connectivity index (χ4v) is 1.48. The minimum atomic E-state index is -0.532. The van der Waals surface area contributed by atoms with Crippen molar-refractivity contribution < 1.29 is 19.0 Å². The van der Waals surface area contributed by atoms with Crippen molar-refractivity contribution >= 4 is 17.6 Å². The molecule has 2 N–H and O–H groups in total. The molecule has 2 heterocycles. The first-order chi connectivity index (χ1) is 8.68. The molecule has 2 rings (SSSR count). The van der Waals surface area contributed by atoms with Gasteiger partial charge in [-0.05, 0) is 10.3 Å². The van der Waals surface area contributed by atoms with Gasteiger partial charge in [0.1, 0.15) is 0 Å². The van der Waals surface area contributed by atoms with Gasteiger partial charge in [-0.15, -0.1) is 0 Å². The number of nitrogen functional groups attached to an aromatic ring is 1. The van der Waals surface area contributed by atoms with Gasteiger partial charge in [0, 0.05) is 20.0 Å². The van der Waals surface area contributed by atoms with E-state index >= 15 is 0 Å². The molecule has 0 atom stereocenters. The van der Waals surface area contributed by atoms with E-state index in [-0.39, 0.29) is 11.5 Å². The highest BCUT2D eigenvalue weighted by molar-refractivity contribution is 6.00. The number of anilines is 1. The van der Waals surface area contributed by atoms with Crippen LogP contribution in [-0.2, 0) is 14.4 Å². The van der Waals surface area contributed by atoms with E-state index < -0.39 is 5.97 Å². The van der Waals surface area contributed by atoms with Gasteiger partial charge in [0.15, 0.2) is 11.5 Å². The van der Waals surface area contributed by atoms with Crippen molar-refractivity contribution in [3.63, 3.8) is 0 Å². The monoisotopic (exact) mass is 255 g/mol. The molecular formula is C9H13N5O4. The molecule has 0 unspecified atom stereocenters. The van der Waals surface area contributed by atoms with Crippen LogP contribution in [0, 0.1) is 0 Å². The van der Waals surface area contributed by atoms with E-state index in [0.717, 1.165) is 0 Å². The molecule has 0 radical (unpaired) electrons. The standard InChI is InChI=1S/C9H13N5O4/c1-6(15)17-13-9(7-8(10)12-18-11-7)14-2-4-16-5-3-14/h2-5H2,1H3,(H2,10,12)/b13-9-. The summed E-state index contributed by atoms with van der Waals surface area (Å²) in [6.07, 6.45) is 0. The number of aromatic nitrogens is 2. The smallest absolute Gasteiger partial charge is 0.332 e. The lowest BCUT2D eigenvalue weighted by atomic mass is 10.3. The van der Waals surface area contributed by atoms with Gasteiger partial charge < -0.3 is 20.2 Å². The Hall–Kier alpha value is -2.16. The van der Waals surface area contributed by atoms with Crippen LogP contribution in [0.4, 0.5) is 5.82 Å². The van der Waals surface area contributed by atoms with E-state index in [1.807, 2.05) is 4.90 Å². The van der Waals surface area contributed by atoms with Crippen molar-refractivity contribution in [2.24, 2.45) is 5.16 Å². The van der Waals surface area contributed by atoms with E-state index in [2.05, 4.69) is 24.9 Å². The topological polar surface area (TPSA) is 116 Å². The van der Waals surface area contributed by atoms with Crippen molar-refractivity contribution in [2.45, 2.75) is 6.92 Å². The van der Waals surface area contributed by atoms with Gasteiger partial charge in [-0.2, -0.15) is 0 Å². The van der Waals surface area contributed by atoms with Crippen LogP contribution in [0.25, 0.3) is 0 Å². The highest BCUT2D eigenvalue weighted by atomic mass is 16.7. The minimum Gasteiger partial charge on any atom is -0.379 e. The Labute approximate surface area is 102 Å². The van der Waals surface area contributed by atoms with Gasteiger partial charge >= 0.3 is 5.97 Å². The van der Waals surface area contributed by atoms with Crippen LogP contribution in [-0.4, -0.2) is 53.3 Å². The average molecular weight is 255 g/mol. The molecule has 0 aliphatic carbocycles. The summed E-state index contributed by atoms with van der Waals surface area (Å²) in [4.78, 5) is 17.3. The first kappa shape index (κ1) is 12.3. The van der Waals surface area contributed by atoms with Crippen molar-refractivity contribution in [3.8, 4) is 0 Å². The number of amidine groups is 1. The molecule has 1 aliphatic heterocycles.